The molecule has 1 atom stereocenters. The van der Waals surface area contributed by atoms with Crippen LogP contribution in [0.25, 0.3) is 16.9 Å². The lowest BCUT2D eigenvalue weighted by Gasteiger charge is -2.30. The van der Waals surface area contributed by atoms with Gasteiger partial charge < -0.3 is 23.2 Å². The fourth-order valence-electron chi connectivity index (χ4n) is 4.17. The first-order chi connectivity index (χ1) is 17.0. The van der Waals surface area contributed by atoms with Crippen molar-refractivity contribution in [3.05, 3.63) is 54.1 Å². The van der Waals surface area contributed by atoms with Crippen molar-refractivity contribution in [2.45, 2.75) is 24.1 Å². The number of piperidine rings is 1. The Balaban J connectivity index is 1.29. The molecule has 0 N–H and O–H groups in total. The van der Waals surface area contributed by atoms with E-state index in [9.17, 15) is 4.21 Å². The molecule has 0 saturated carbocycles. The maximum absolute atomic E-state index is 12.8. The highest BCUT2D eigenvalue weighted by Gasteiger charge is 2.26. The van der Waals surface area contributed by atoms with Gasteiger partial charge in [-0.25, -0.2) is 18.5 Å². The molecule has 184 valence electrons. The summed E-state index contributed by atoms with van der Waals surface area (Å²) >= 11 is 6.34. The highest BCUT2D eigenvalue weighted by Crippen LogP contribution is 2.38. The minimum Gasteiger partial charge on any atom is -0.496 e. The molecule has 1 aromatic carbocycles. The maximum atomic E-state index is 12.8. The molecule has 0 aliphatic carbocycles. The summed E-state index contributed by atoms with van der Waals surface area (Å²) in [7, 11) is 3.76. The van der Waals surface area contributed by atoms with Gasteiger partial charge in [-0.05, 0) is 25.0 Å². The molecular formula is C24H26ClN5O4S. The third kappa shape index (κ3) is 4.73. The van der Waals surface area contributed by atoms with Crippen molar-refractivity contribution >= 4 is 28.2 Å². The number of fused-ring (bicyclic) bond motifs is 1. The number of aryl methyl sites for hydroxylation is 1. The van der Waals surface area contributed by atoms with Gasteiger partial charge in [-0.2, -0.15) is 0 Å². The molecule has 0 radical (unpaired) electrons. The van der Waals surface area contributed by atoms with E-state index in [-0.39, 0.29) is 6.10 Å². The van der Waals surface area contributed by atoms with Crippen LogP contribution in [0.15, 0.2) is 54.2 Å². The van der Waals surface area contributed by atoms with E-state index in [1.165, 1.54) is 0 Å². The number of hydrogen-bond donors (Lipinski definition) is 0. The second kappa shape index (κ2) is 9.88. The zero-order valence-corrected chi connectivity index (χ0v) is 21.3. The zero-order chi connectivity index (χ0) is 24.5. The van der Waals surface area contributed by atoms with Crippen LogP contribution in [0.3, 0.4) is 0 Å². The summed E-state index contributed by atoms with van der Waals surface area (Å²) in [6.45, 7) is 1.36. The normalized spacial score (nSPS) is 15.9. The van der Waals surface area contributed by atoms with Gasteiger partial charge in [0, 0.05) is 62.6 Å². The molecule has 1 aliphatic rings. The fourth-order valence-corrected chi connectivity index (χ4v) is 5.64. The quantitative estimate of drug-likeness (QED) is 0.370. The third-order valence-electron chi connectivity index (χ3n) is 6.05. The van der Waals surface area contributed by atoms with Crippen LogP contribution in [0.2, 0.25) is 5.02 Å². The molecule has 35 heavy (non-hydrogen) atoms. The van der Waals surface area contributed by atoms with Crippen molar-refractivity contribution in [3.63, 3.8) is 0 Å². The standard InChI is InChI=1S/C24H26ClN5O4S/c1-28-11-7-26-24(28)35(31)30-9-5-16(6-10-30)34-17-4-8-29-15-20(27-23(29)12-17)18-13-19(25)22(33-3)14-21(18)32-2/h4,7-8,11-16H,5-6,9-10H2,1-3H3. The summed E-state index contributed by atoms with van der Waals surface area (Å²) in [4.78, 5) is 8.97. The molecule has 5 rings (SSSR count). The number of ether oxygens (including phenoxy) is 3. The summed E-state index contributed by atoms with van der Waals surface area (Å²) < 4.78 is 35.5. The number of hydrogen-bond acceptors (Lipinski definition) is 6. The Hall–Kier alpha value is -3.08. The molecule has 1 saturated heterocycles. The predicted octanol–water partition coefficient (Wildman–Crippen LogP) is 3.97. The minimum absolute atomic E-state index is 0.0435. The summed E-state index contributed by atoms with van der Waals surface area (Å²) in [5, 5.41) is 1.05. The van der Waals surface area contributed by atoms with Gasteiger partial charge in [-0.15, -0.1) is 0 Å². The largest absolute Gasteiger partial charge is 0.496 e. The molecule has 1 fully saturated rings. The second-order valence-electron chi connectivity index (χ2n) is 8.26. The number of benzene rings is 1. The van der Waals surface area contributed by atoms with Gasteiger partial charge in [0.2, 0.25) is 5.16 Å². The van der Waals surface area contributed by atoms with Crippen molar-refractivity contribution in [1.82, 2.24) is 23.2 Å². The molecule has 0 amide bonds. The topological polar surface area (TPSA) is 83.1 Å². The van der Waals surface area contributed by atoms with Crippen LogP contribution in [0, 0.1) is 0 Å². The molecule has 11 heteroatoms. The van der Waals surface area contributed by atoms with E-state index in [0.29, 0.717) is 34.8 Å². The van der Waals surface area contributed by atoms with E-state index in [0.717, 1.165) is 35.5 Å². The van der Waals surface area contributed by atoms with Crippen LogP contribution in [-0.2, 0) is 18.0 Å². The molecular weight excluding hydrogens is 490 g/mol. The molecule has 0 spiro atoms. The van der Waals surface area contributed by atoms with Gasteiger partial charge in [-0.1, -0.05) is 11.6 Å². The van der Waals surface area contributed by atoms with Gasteiger partial charge >= 0.3 is 0 Å². The van der Waals surface area contributed by atoms with Crippen molar-refractivity contribution in [2.75, 3.05) is 27.3 Å². The van der Waals surface area contributed by atoms with E-state index < -0.39 is 11.0 Å². The van der Waals surface area contributed by atoms with E-state index in [4.69, 9.17) is 30.8 Å². The van der Waals surface area contributed by atoms with Crippen LogP contribution in [0.1, 0.15) is 12.8 Å². The van der Waals surface area contributed by atoms with Crippen molar-refractivity contribution < 1.29 is 18.4 Å². The fraction of sp³-hybridized carbons (Fsp3) is 0.333. The van der Waals surface area contributed by atoms with Crippen LogP contribution in [0.4, 0.5) is 0 Å². The number of pyridine rings is 1. The van der Waals surface area contributed by atoms with Gasteiger partial charge in [0.25, 0.3) is 0 Å². The Morgan fingerprint density at radius 2 is 1.86 bits per heavy atom. The van der Waals surface area contributed by atoms with E-state index >= 15 is 0 Å². The number of rotatable bonds is 7. The van der Waals surface area contributed by atoms with E-state index in [1.807, 2.05) is 40.3 Å². The third-order valence-corrected chi connectivity index (χ3v) is 7.89. The monoisotopic (exact) mass is 515 g/mol. The van der Waals surface area contributed by atoms with Crippen molar-refractivity contribution in [2.24, 2.45) is 7.05 Å². The highest BCUT2D eigenvalue weighted by molar-refractivity contribution is 7.82. The molecule has 1 aliphatic heterocycles. The molecule has 0 bridgehead atoms. The average molecular weight is 516 g/mol. The Bertz CT molecular complexity index is 1380. The van der Waals surface area contributed by atoms with Crippen LogP contribution < -0.4 is 14.2 Å². The highest BCUT2D eigenvalue weighted by atomic mass is 35.5. The van der Waals surface area contributed by atoms with Crippen LogP contribution in [0.5, 0.6) is 17.2 Å². The predicted molar refractivity (Wildman–Crippen MR) is 134 cm³/mol. The number of nitrogens with zero attached hydrogens (tertiary/aromatic N) is 5. The SMILES string of the molecule is COc1cc(OC)c(-c2cn3ccc(OC4CCN(S(=O)c5nccn5C)CC4)cc3n2)cc1Cl. The second-order valence-corrected chi connectivity index (χ2v) is 10.0. The summed E-state index contributed by atoms with van der Waals surface area (Å²) in [5.41, 5.74) is 2.26. The maximum Gasteiger partial charge on any atom is 0.214 e. The lowest BCUT2D eigenvalue weighted by Crippen LogP contribution is -2.39. The van der Waals surface area contributed by atoms with Crippen LogP contribution in [-0.4, -0.2) is 60.9 Å². The molecule has 4 heterocycles. The lowest BCUT2D eigenvalue weighted by molar-refractivity contribution is 0.137. The smallest absolute Gasteiger partial charge is 0.214 e. The van der Waals surface area contributed by atoms with E-state index in [2.05, 4.69) is 4.98 Å². The number of aromatic nitrogens is 4. The Morgan fingerprint density at radius 1 is 1.09 bits per heavy atom. The summed E-state index contributed by atoms with van der Waals surface area (Å²) in [6.07, 6.45) is 8.92. The minimum atomic E-state index is -1.26. The first-order valence-electron chi connectivity index (χ1n) is 11.2. The molecule has 1 unspecified atom stereocenters. The Kier molecular flexibility index (Phi) is 6.68. The first kappa shape index (κ1) is 23.7. The molecule has 3 aromatic heterocycles. The van der Waals surface area contributed by atoms with E-state index in [1.54, 1.807) is 43.3 Å². The van der Waals surface area contributed by atoms with Gasteiger partial charge in [-0.3, -0.25) is 0 Å². The summed E-state index contributed by atoms with van der Waals surface area (Å²) in [5.74, 6) is 1.92. The van der Waals surface area contributed by atoms with Gasteiger partial charge in [0.1, 0.15) is 29.0 Å². The lowest BCUT2D eigenvalue weighted by atomic mass is 10.1. The number of halogens is 1. The average Bonchev–Trinajstić information content (AvgIpc) is 3.49. The zero-order valence-electron chi connectivity index (χ0n) is 19.7. The Labute approximate surface area is 210 Å². The molecule has 4 aromatic rings. The number of methoxy groups -OCH3 is 2. The number of imidazole rings is 2. The van der Waals surface area contributed by atoms with Crippen molar-refractivity contribution in [1.29, 1.82) is 0 Å². The Morgan fingerprint density at radius 3 is 2.54 bits per heavy atom. The first-order valence-corrected chi connectivity index (χ1v) is 12.7. The molecule has 9 nitrogen and oxygen atoms in total. The van der Waals surface area contributed by atoms with Gasteiger partial charge in [0.15, 0.2) is 11.0 Å². The van der Waals surface area contributed by atoms with Crippen LogP contribution >= 0.6 is 11.6 Å². The summed E-state index contributed by atoms with van der Waals surface area (Å²) in [6, 6.07) is 7.39. The van der Waals surface area contributed by atoms with Crippen molar-refractivity contribution in [3.8, 4) is 28.5 Å². The van der Waals surface area contributed by atoms with Gasteiger partial charge in [0.05, 0.1) is 24.9 Å².